The lowest BCUT2D eigenvalue weighted by atomic mass is 9.90. The van der Waals surface area contributed by atoms with E-state index in [4.69, 9.17) is 0 Å². The Morgan fingerprint density at radius 3 is 2.82 bits per heavy atom. The first-order valence-electron chi connectivity index (χ1n) is 7.08. The Balaban J connectivity index is 1.78. The monoisotopic (exact) mass is 239 g/mol. The van der Waals surface area contributed by atoms with E-state index in [1.54, 1.807) is 0 Å². The maximum absolute atomic E-state index is 12.1. The van der Waals surface area contributed by atoms with Crippen molar-refractivity contribution in [2.75, 3.05) is 19.6 Å². The van der Waals surface area contributed by atoms with Gasteiger partial charge in [0.2, 0.25) is 0 Å². The van der Waals surface area contributed by atoms with Crippen molar-refractivity contribution >= 4 is 5.91 Å². The van der Waals surface area contributed by atoms with E-state index < -0.39 is 0 Å². The second kappa shape index (κ2) is 6.36. The van der Waals surface area contributed by atoms with Crippen molar-refractivity contribution in [2.45, 2.75) is 51.5 Å². The molecule has 0 radical (unpaired) electrons. The molecule has 0 aromatic heterocycles. The molecule has 2 fully saturated rings. The number of amides is 1. The maximum atomic E-state index is 12.1. The molecule has 1 amide bonds. The molecule has 2 atom stereocenters. The van der Waals surface area contributed by atoms with E-state index in [0.29, 0.717) is 5.92 Å². The van der Waals surface area contributed by atoms with Crippen LogP contribution in [-0.2, 0) is 4.79 Å². The first kappa shape index (κ1) is 12.8. The highest BCUT2D eigenvalue weighted by Gasteiger charge is 2.27. The van der Waals surface area contributed by atoms with Gasteiger partial charge in [0.25, 0.3) is 5.91 Å². The normalized spacial score (nSPS) is 31.1. The van der Waals surface area contributed by atoms with Crippen molar-refractivity contribution in [1.82, 2.24) is 15.8 Å². The smallest absolute Gasteiger partial charge is 0.251 e. The highest BCUT2D eigenvalue weighted by atomic mass is 16.2. The molecule has 2 aliphatic heterocycles. The summed E-state index contributed by atoms with van der Waals surface area (Å²) < 4.78 is 0. The van der Waals surface area contributed by atoms with E-state index in [9.17, 15) is 4.79 Å². The predicted octanol–water partition coefficient (Wildman–Crippen LogP) is 1.28. The van der Waals surface area contributed by atoms with E-state index in [0.717, 1.165) is 26.1 Å². The lowest BCUT2D eigenvalue weighted by Crippen LogP contribution is -2.54. The number of hydrogen-bond acceptors (Lipinski definition) is 3. The summed E-state index contributed by atoms with van der Waals surface area (Å²) in [5.74, 6) is 0.887. The molecule has 4 heteroatoms. The lowest BCUT2D eigenvalue weighted by Gasteiger charge is -2.32. The molecule has 2 saturated heterocycles. The number of carbonyl (C=O) groups excluding carboxylic acids is 1. The molecule has 0 bridgehead atoms. The van der Waals surface area contributed by atoms with Gasteiger partial charge in [-0.05, 0) is 38.1 Å². The Morgan fingerprint density at radius 1 is 1.35 bits per heavy atom. The van der Waals surface area contributed by atoms with Crippen LogP contribution in [0.1, 0.15) is 45.4 Å². The van der Waals surface area contributed by atoms with Crippen molar-refractivity contribution in [3.63, 3.8) is 0 Å². The standard InChI is InChI=1S/C13H25N3O/c1-2-11-6-7-14-12(10-11)13(17)15-16-8-4-3-5-9-16/h11-12,14H,2-10H2,1H3,(H,15,17). The Hall–Kier alpha value is -0.610. The van der Waals surface area contributed by atoms with Crippen molar-refractivity contribution in [3.8, 4) is 0 Å². The summed E-state index contributed by atoms with van der Waals surface area (Å²) >= 11 is 0. The van der Waals surface area contributed by atoms with Gasteiger partial charge in [0, 0.05) is 13.1 Å². The average Bonchev–Trinajstić information content (AvgIpc) is 2.40. The van der Waals surface area contributed by atoms with Crippen molar-refractivity contribution in [3.05, 3.63) is 0 Å². The Morgan fingerprint density at radius 2 is 2.12 bits per heavy atom. The van der Waals surface area contributed by atoms with Gasteiger partial charge in [-0.25, -0.2) is 5.01 Å². The van der Waals surface area contributed by atoms with E-state index in [1.165, 1.54) is 32.1 Å². The van der Waals surface area contributed by atoms with Crippen LogP contribution in [0.15, 0.2) is 0 Å². The molecule has 2 aliphatic rings. The van der Waals surface area contributed by atoms with Crippen LogP contribution in [0.3, 0.4) is 0 Å². The zero-order valence-corrected chi connectivity index (χ0v) is 10.9. The first-order chi connectivity index (χ1) is 8.29. The zero-order valence-electron chi connectivity index (χ0n) is 10.9. The third-order valence-electron chi connectivity index (χ3n) is 4.03. The van der Waals surface area contributed by atoms with Gasteiger partial charge in [0.1, 0.15) is 0 Å². The van der Waals surface area contributed by atoms with Gasteiger partial charge in [0.05, 0.1) is 6.04 Å². The molecule has 0 aliphatic carbocycles. The van der Waals surface area contributed by atoms with Crippen molar-refractivity contribution in [2.24, 2.45) is 5.92 Å². The second-order valence-electron chi connectivity index (χ2n) is 5.33. The van der Waals surface area contributed by atoms with Crippen LogP contribution in [0.4, 0.5) is 0 Å². The van der Waals surface area contributed by atoms with Crippen LogP contribution >= 0.6 is 0 Å². The van der Waals surface area contributed by atoms with Gasteiger partial charge in [0.15, 0.2) is 0 Å². The van der Waals surface area contributed by atoms with Crippen LogP contribution in [0.25, 0.3) is 0 Å². The molecule has 0 saturated carbocycles. The SMILES string of the molecule is CCC1CCNC(C(=O)NN2CCCCC2)C1. The zero-order chi connectivity index (χ0) is 12.1. The third kappa shape index (κ3) is 3.68. The van der Waals surface area contributed by atoms with Crippen molar-refractivity contribution in [1.29, 1.82) is 0 Å². The average molecular weight is 239 g/mol. The number of hydrogen-bond donors (Lipinski definition) is 2. The highest BCUT2D eigenvalue weighted by molar-refractivity contribution is 5.81. The Bertz CT molecular complexity index is 251. The second-order valence-corrected chi connectivity index (χ2v) is 5.33. The minimum absolute atomic E-state index is 0.0237. The molecular formula is C13H25N3O. The number of nitrogens with zero attached hydrogens (tertiary/aromatic N) is 1. The molecule has 2 unspecified atom stereocenters. The molecule has 17 heavy (non-hydrogen) atoms. The topological polar surface area (TPSA) is 44.4 Å². The van der Waals surface area contributed by atoms with E-state index >= 15 is 0 Å². The van der Waals surface area contributed by atoms with Gasteiger partial charge in [-0.2, -0.15) is 0 Å². The summed E-state index contributed by atoms with van der Waals surface area (Å²) in [5.41, 5.74) is 3.07. The fourth-order valence-corrected chi connectivity index (χ4v) is 2.81. The minimum atomic E-state index is 0.0237. The van der Waals surface area contributed by atoms with Gasteiger partial charge in [-0.3, -0.25) is 10.2 Å². The van der Waals surface area contributed by atoms with Crippen LogP contribution < -0.4 is 10.7 Å². The quantitative estimate of drug-likeness (QED) is 0.780. The van der Waals surface area contributed by atoms with E-state index in [1.807, 2.05) is 0 Å². The minimum Gasteiger partial charge on any atom is -0.306 e. The highest BCUT2D eigenvalue weighted by Crippen LogP contribution is 2.19. The molecule has 0 aromatic rings. The summed E-state index contributed by atoms with van der Waals surface area (Å²) in [6.45, 7) is 5.22. The van der Waals surface area contributed by atoms with Gasteiger partial charge in [-0.1, -0.05) is 19.8 Å². The summed E-state index contributed by atoms with van der Waals surface area (Å²) in [6.07, 6.45) is 7.10. The Labute approximate surface area is 104 Å². The summed E-state index contributed by atoms with van der Waals surface area (Å²) in [4.78, 5) is 12.1. The molecule has 2 rings (SSSR count). The first-order valence-corrected chi connectivity index (χ1v) is 7.08. The number of piperidine rings is 2. The number of hydrazine groups is 1. The molecule has 0 spiro atoms. The fourth-order valence-electron chi connectivity index (χ4n) is 2.81. The summed E-state index contributed by atoms with van der Waals surface area (Å²) in [6, 6.07) is 0.0237. The summed E-state index contributed by atoms with van der Waals surface area (Å²) in [7, 11) is 0. The van der Waals surface area contributed by atoms with Gasteiger partial charge < -0.3 is 5.32 Å². The molecular weight excluding hydrogens is 214 g/mol. The van der Waals surface area contributed by atoms with E-state index in [2.05, 4.69) is 22.7 Å². The molecule has 98 valence electrons. The number of carbonyl (C=O) groups is 1. The van der Waals surface area contributed by atoms with Crippen LogP contribution in [0.2, 0.25) is 0 Å². The number of nitrogens with one attached hydrogen (secondary N) is 2. The van der Waals surface area contributed by atoms with Crippen LogP contribution in [0.5, 0.6) is 0 Å². The maximum Gasteiger partial charge on any atom is 0.251 e. The largest absolute Gasteiger partial charge is 0.306 e. The molecule has 2 heterocycles. The van der Waals surface area contributed by atoms with Crippen LogP contribution in [0, 0.1) is 5.92 Å². The number of rotatable bonds is 3. The molecule has 4 nitrogen and oxygen atoms in total. The molecule has 2 N–H and O–H groups in total. The summed E-state index contributed by atoms with van der Waals surface area (Å²) in [5, 5.41) is 5.42. The van der Waals surface area contributed by atoms with Gasteiger partial charge in [-0.15, -0.1) is 0 Å². The van der Waals surface area contributed by atoms with Crippen molar-refractivity contribution < 1.29 is 4.79 Å². The third-order valence-corrected chi connectivity index (χ3v) is 4.03. The lowest BCUT2D eigenvalue weighted by molar-refractivity contribution is -0.129. The fraction of sp³-hybridized carbons (Fsp3) is 0.923. The van der Waals surface area contributed by atoms with Crippen LogP contribution in [-0.4, -0.2) is 36.6 Å². The van der Waals surface area contributed by atoms with Gasteiger partial charge >= 0.3 is 0 Å². The van der Waals surface area contributed by atoms with E-state index in [-0.39, 0.29) is 11.9 Å². The molecule has 0 aromatic carbocycles. The Kier molecular flexibility index (Phi) is 4.80. The predicted molar refractivity (Wildman–Crippen MR) is 68.4 cm³/mol.